The second-order valence-corrected chi connectivity index (χ2v) is 6.73. The molecule has 1 aromatic carbocycles. The van der Waals surface area contributed by atoms with Gasteiger partial charge in [-0.1, -0.05) is 0 Å². The van der Waals surface area contributed by atoms with Crippen molar-refractivity contribution in [2.75, 3.05) is 27.3 Å². The minimum Gasteiger partial charge on any atom is -0.497 e. The molecule has 7 heteroatoms. The van der Waals surface area contributed by atoms with Crippen molar-refractivity contribution < 1.29 is 17.9 Å². The van der Waals surface area contributed by atoms with E-state index < -0.39 is 10.0 Å². The van der Waals surface area contributed by atoms with E-state index in [0.29, 0.717) is 18.3 Å². The van der Waals surface area contributed by atoms with Gasteiger partial charge in [0.05, 0.1) is 14.2 Å². The lowest BCUT2D eigenvalue weighted by atomic mass is 10.3. The highest BCUT2D eigenvalue weighted by Gasteiger charge is 2.21. The third-order valence-corrected chi connectivity index (χ3v) is 4.82. The molecule has 0 unspecified atom stereocenters. The van der Waals surface area contributed by atoms with Crippen molar-refractivity contribution in [3.8, 4) is 11.5 Å². The molecule has 1 saturated carbocycles. The summed E-state index contributed by atoms with van der Waals surface area (Å²) >= 11 is 0. The Balaban J connectivity index is 1.93. The lowest BCUT2D eigenvalue weighted by molar-refractivity contribution is 0.386. The van der Waals surface area contributed by atoms with Gasteiger partial charge in [0.1, 0.15) is 16.4 Å². The van der Waals surface area contributed by atoms with Crippen LogP contribution in [-0.4, -0.2) is 41.8 Å². The third kappa shape index (κ3) is 4.59. The van der Waals surface area contributed by atoms with E-state index in [9.17, 15) is 8.42 Å². The predicted octanol–water partition coefficient (Wildman–Crippen LogP) is 1.12. The molecule has 21 heavy (non-hydrogen) atoms. The zero-order chi connectivity index (χ0) is 15.3. The van der Waals surface area contributed by atoms with Crippen LogP contribution in [0.25, 0.3) is 0 Å². The van der Waals surface area contributed by atoms with Crippen molar-refractivity contribution in [2.45, 2.75) is 30.2 Å². The maximum atomic E-state index is 12.3. The normalized spacial score (nSPS) is 15.0. The first kappa shape index (κ1) is 16.1. The summed E-state index contributed by atoms with van der Waals surface area (Å²) in [5.41, 5.74) is 0. The Labute approximate surface area is 125 Å². The second kappa shape index (κ2) is 7.11. The number of benzene rings is 1. The summed E-state index contributed by atoms with van der Waals surface area (Å²) in [6, 6.07) is 5.29. The molecule has 0 spiro atoms. The van der Waals surface area contributed by atoms with Crippen LogP contribution in [0.2, 0.25) is 0 Å². The van der Waals surface area contributed by atoms with Crippen molar-refractivity contribution in [3.63, 3.8) is 0 Å². The van der Waals surface area contributed by atoms with Gasteiger partial charge in [-0.05, 0) is 37.9 Å². The van der Waals surface area contributed by atoms with E-state index in [-0.39, 0.29) is 10.6 Å². The Morgan fingerprint density at radius 2 is 1.95 bits per heavy atom. The van der Waals surface area contributed by atoms with Crippen molar-refractivity contribution in [1.29, 1.82) is 0 Å². The van der Waals surface area contributed by atoms with Crippen molar-refractivity contribution in [3.05, 3.63) is 18.2 Å². The predicted molar refractivity (Wildman–Crippen MR) is 80.4 cm³/mol. The number of ether oxygens (including phenoxy) is 2. The molecule has 6 nitrogen and oxygen atoms in total. The number of methoxy groups -OCH3 is 2. The summed E-state index contributed by atoms with van der Waals surface area (Å²) < 4.78 is 37.3. The zero-order valence-corrected chi connectivity index (χ0v) is 13.2. The van der Waals surface area contributed by atoms with Crippen molar-refractivity contribution >= 4 is 10.0 Å². The average Bonchev–Trinajstić information content (AvgIpc) is 3.30. The van der Waals surface area contributed by atoms with E-state index in [2.05, 4.69) is 10.0 Å². The van der Waals surface area contributed by atoms with Crippen LogP contribution in [-0.2, 0) is 10.0 Å². The smallest absolute Gasteiger partial charge is 0.244 e. The van der Waals surface area contributed by atoms with Crippen LogP contribution >= 0.6 is 0 Å². The minimum absolute atomic E-state index is 0.126. The van der Waals surface area contributed by atoms with Gasteiger partial charge in [-0.15, -0.1) is 0 Å². The highest BCUT2D eigenvalue weighted by atomic mass is 32.2. The quantitative estimate of drug-likeness (QED) is 0.668. The molecule has 118 valence electrons. The molecule has 0 bridgehead atoms. The van der Waals surface area contributed by atoms with Crippen LogP contribution in [0.15, 0.2) is 23.1 Å². The molecule has 1 aliphatic rings. The summed E-state index contributed by atoms with van der Waals surface area (Å²) in [5.74, 6) is 0.831. The lowest BCUT2D eigenvalue weighted by Crippen LogP contribution is -2.28. The van der Waals surface area contributed by atoms with E-state index in [1.54, 1.807) is 12.1 Å². The summed E-state index contributed by atoms with van der Waals surface area (Å²) in [7, 11) is -0.612. The molecule has 0 amide bonds. The van der Waals surface area contributed by atoms with Gasteiger partial charge >= 0.3 is 0 Å². The summed E-state index contributed by atoms with van der Waals surface area (Å²) in [6.45, 7) is 1.23. The Morgan fingerprint density at radius 1 is 1.19 bits per heavy atom. The van der Waals surface area contributed by atoms with Gasteiger partial charge in [0.25, 0.3) is 0 Å². The topological polar surface area (TPSA) is 76.7 Å². The third-order valence-electron chi connectivity index (χ3n) is 3.32. The molecule has 0 aromatic heterocycles. The van der Waals surface area contributed by atoms with Gasteiger partial charge in [-0.2, -0.15) is 0 Å². The first-order valence-electron chi connectivity index (χ1n) is 7.02. The minimum atomic E-state index is -3.57. The zero-order valence-electron chi connectivity index (χ0n) is 12.4. The Kier molecular flexibility index (Phi) is 5.44. The van der Waals surface area contributed by atoms with Gasteiger partial charge in [-0.3, -0.25) is 0 Å². The fourth-order valence-electron chi connectivity index (χ4n) is 1.96. The Bertz CT molecular complexity index is 570. The fourth-order valence-corrected chi connectivity index (χ4v) is 3.19. The van der Waals surface area contributed by atoms with Crippen molar-refractivity contribution in [1.82, 2.24) is 10.0 Å². The molecule has 0 radical (unpaired) electrons. The highest BCUT2D eigenvalue weighted by Crippen LogP contribution is 2.28. The van der Waals surface area contributed by atoms with Gasteiger partial charge in [-0.25, -0.2) is 13.1 Å². The first-order chi connectivity index (χ1) is 10.1. The molecule has 2 rings (SSSR count). The molecular weight excluding hydrogens is 292 g/mol. The standard InChI is InChI=1S/C14H22N2O4S/c1-19-12-6-7-14(13(10-12)20-2)21(17,18)16-9-3-8-15-11-4-5-11/h6-7,10-11,15-16H,3-5,8-9H2,1-2H3. The molecule has 1 aromatic rings. The molecule has 0 heterocycles. The molecule has 1 aliphatic carbocycles. The molecular formula is C14H22N2O4S. The molecule has 2 N–H and O–H groups in total. The number of sulfonamides is 1. The van der Waals surface area contributed by atoms with E-state index in [4.69, 9.17) is 9.47 Å². The van der Waals surface area contributed by atoms with E-state index in [1.807, 2.05) is 0 Å². The fraction of sp³-hybridized carbons (Fsp3) is 0.571. The van der Waals surface area contributed by atoms with Crippen LogP contribution in [0.1, 0.15) is 19.3 Å². The Hall–Kier alpha value is -1.31. The van der Waals surface area contributed by atoms with Crippen LogP contribution < -0.4 is 19.5 Å². The molecule has 1 fully saturated rings. The Morgan fingerprint density at radius 3 is 2.57 bits per heavy atom. The number of hydrogen-bond acceptors (Lipinski definition) is 5. The number of nitrogens with one attached hydrogen (secondary N) is 2. The summed E-state index contributed by atoms with van der Waals surface area (Å²) in [6.07, 6.45) is 3.22. The second-order valence-electron chi connectivity index (χ2n) is 5.00. The van der Waals surface area contributed by atoms with E-state index in [0.717, 1.165) is 13.0 Å². The SMILES string of the molecule is COc1ccc(S(=O)(=O)NCCCNC2CC2)c(OC)c1. The maximum absolute atomic E-state index is 12.3. The largest absolute Gasteiger partial charge is 0.497 e. The molecule has 0 atom stereocenters. The average molecular weight is 314 g/mol. The van der Waals surface area contributed by atoms with Crippen LogP contribution in [0.3, 0.4) is 0 Å². The molecule has 0 aliphatic heterocycles. The van der Waals surface area contributed by atoms with Crippen molar-refractivity contribution in [2.24, 2.45) is 0 Å². The lowest BCUT2D eigenvalue weighted by Gasteiger charge is -2.12. The van der Waals surface area contributed by atoms with Gasteiger partial charge in [0.15, 0.2) is 0 Å². The number of hydrogen-bond donors (Lipinski definition) is 2. The van der Waals surface area contributed by atoms with Crippen LogP contribution in [0, 0.1) is 0 Å². The van der Waals surface area contributed by atoms with E-state index >= 15 is 0 Å². The van der Waals surface area contributed by atoms with Crippen LogP contribution in [0.5, 0.6) is 11.5 Å². The van der Waals surface area contributed by atoms with E-state index in [1.165, 1.54) is 33.1 Å². The van der Waals surface area contributed by atoms with Gasteiger partial charge in [0.2, 0.25) is 10.0 Å². The van der Waals surface area contributed by atoms with Gasteiger partial charge in [0, 0.05) is 18.7 Å². The summed E-state index contributed by atoms with van der Waals surface area (Å²) in [5, 5.41) is 3.34. The maximum Gasteiger partial charge on any atom is 0.244 e. The molecule has 0 saturated heterocycles. The highest BCUT2D eigenvalue weighted by molar-refractivity contribution is 7.89. The summed E-state index contributed by atoms with van der Waals surface area (Å²) in [4.78, 5) is 0.126. The van der Waals surface area contributed by atoms with Gasteiger partial charge < -0.3 is 14.8 Å². The monoisotopic (exact) mass is 314 g/mol. The first-order valence-corrected chi connectivity index (χ1v) is 8.50. The van der Waals surface area contributed by atoms with Crippen LogP contribution in [0.4, 0.5) is 0 Å². The number of rotatable bonds is 9.